The van der Waals surface area contributed by atoms with Gasteiger partial charge >= 0.3 is 0 Å². The van der Waals surface area contributed by atoms with E-state index >= 15 is 0 Å². The number of amides is 1. The third-order valence-electron chi connectivity index (χ3n) is 4.54. The number of carbonyl (C=O) groups is 1. The molecule has 0 saturated heterocycles. The first-order valence-corrected chi connectivity index (χ1v) is 12.8. The van der Waals surface area contributed by atoms with Crippen LogP contribution in [0.2, 0.25) is 0 Å². The van der Waals surface area contributed by atoms with Crippen LogP contribution in [0, 0.1) is 6.92 Å². The third kappa shape index (κ3) is 7.57. The van der Waals surface area contributed by atoms with Gasteiger partial charge in [0, 0.05) is 25.1 Å². The number of rotatable bonds is 11. The van der Waals surface area contributed by atoms with Crippen molar-refractivity contribution in [2.45, 2.75) is 32.1 Å². The highest BCUT2D eigenvalue weighted by molar-refractivity contribution is 7.98. The molecule has 2 aromatic carbocycles. The van der Waals surface area contributed by atoms with E-state index in [1.165, 1.54) is 22.5 Å². The predicted octanol–water partition coefficient (Wildman–Crippen LogP) is 3.60. The molecule has 1 amide bonds. The van der Waals surface area contributed by atoms with Crippen molar-refractivity contribution in [2.75, 3.05) is 29.9 Å². The molecule has 0 fully saturated rings. The van der Waals surface area contributed by atoms with Crippen molar-refractivity contribution in [3.8, 4) is 5.75 Å². The van der Waals surface area contributed by atoms with Crippen LogP contribution in [-0.4, -0.2) is 46.0 Å². The Morgan fingerprint density at radius 1 is 1.20 bits per heavy atom. The Kier molecular flexibility index (Phi) is 9.05. The molecule has 2 rings (SSSR count). The van der Waals surface area contributed by atoms with Crippen LogP contribution in [0.15, 0.2) is 48.5 Å². The molecule has 164 valence electrons. The number of hydrogen-bond acceptors (Lipinski definition) is 5. The van der Waals surface area contributed by atoms with Gasteiger partial charge in [-0.3, -0.25) is 9.10 Å². The number of benzene rings is 2. The SMILES string of the molecule is CC[C@H](Oc1ccc(N(C)S(C)(=O)=O)cc1)C(=O)NCCSCc1cccc(C)c1. The highest BCUT2D eigenvalue weighted by Crippen LogP contribution is 2.21. The minimum atomic E-state index is -3.32. The van der Waals surface area contributed by atoms with E-state index in [2.05, 4.69) is 36.5 Å². The number of ether oxygens (including phenoxy) is 1. The molecule has 30 heavy (non-hydrogen) atoms. The molecule has 1 N–H and O–H groups in total. The number of sulfonamides is 1. The van der Waals surface area contributed by atoms with E-state index in [-0.39, 0.29) is 5.91 Å². The Hall–Kier alpha value is -2.19. The fourth-order valence-corrected chi connectivity index (χ4v) is 4.08. The lowest BCUT2D eigenvalue weighted by Gasteiger charge is -2.19. The lowest BCUT2D eigenvalue weighted by atomic mass is 10.2. The number of thioether (sulfide) groups is 1. The summed E-state index contributed by atoms with van der Waals surface area (Å²) in [4.78, 5) is 12.4. The molecule has 2 aromatic rings. The van der Waals surface area contributed by atoms with Crippen LogP contribution in [-0.2, 0) is 20.6 Å². The molecule has 0 aromatic heterocycles. The fourth-order valence-electron chi connectivity index (χ4n) is 2.76. The first-order valence-electron chi connectivity index (χ1n) is 9.82. The summed E-state index contributed by atoms with van der Waals surface area (Å²) < 4.78 is 30.2. The summed E-state index contributed by atoms with van der Waals surface area (Å²) in [5.74, 6) is 2.12. The van der Waals surface area contributed by atoms with Gasteiger partial charge in [-0.05, 0) is 43.2 Å². The van der Waals surface area contributed by atoms with Gasteiger partial charge in [-0.2, -0.15) is 11.8 Å². The predicted molar refractivity (Wildman–Crippen MR) is 125 cm³/mol. The number of hydrogen-bond donors (Lipinski definition) is 1. The molecule has 0 aliphatic heterocycles. The van der Waals surface area contributed by atoms with Crippen LogP contribution >= 0.6 is 11.8 Å². The smallest absolute Gasteiger partial charge is 0.261 e. The minimum absolute atomic E-state index is 0.147. The first kappa shape index (κ1) is 24.1. The maximum absolute atomic E-state index is 12.4. The van der Waals surface area contributed by atoms with Crippen molar-refractivity contribution in [3.05, 3.63) is 59.7 Å². The monoisotopic (exact) mass is 450 g/mol. The second-order valence-electron chi connectivity index (χ2n) is 7.07. The van der Waals surface area contributed by atoms with Crippen molar-refractivity contribution in [1.82, 2.24) is 5.32 Å². The molecule has 0 radical (unpaired) electrons. The molecule has 0 heterocycles. The van der Waals surface area contributed by atoms with Gasteiger partial charge in [0.2, 0.25) is 10.0 Å². The van der Waals surface area contributed by atoms with E-state index in [1.54, 1.807) is 36.0 Å². The van der Waals surface area contributed by atoms with Crippen LogP contribution in [0.1, 0.15) is 24.5 Å². The molecule has 0 aliphatic rings. The Morgan fingerprint density at radius 2 is 1.90 bits per heavy atom. The Balaban J connectivity index is 1.79. The maximum atomic E-state index is 12.4. The van der Waals surface area contributed by atoms with E-state index in [0.717, 1.165) is 17.8 Å². The number of carbonyl (C=O) groups excluding carboxylic acids is 1. The summed E-state index contributed by atoms with van der Waals surface area (Å²) >= 11 is 1.78. The summed E-state index contributed by atoms with van der Waals surface area (Å²) in [6.07, 6.45) is 1.09. The molecule has 0 saturated carbocycles. The zero-order chi connectivity index (χ0) is 22.1. The largest absolute Gasteiger partial charge is 0.481 e. The zero-order valence-electron chi connectivity index (χ0n) is 17.9. The van der Waals surface area contributed by atoms with E-state index < -0.39 is 16.1 Å². The van der Waals surface area contributed by atoms with Gasteiger partial charge in [-0.25, -0.2) is 8.42 Å². The van der Waals surface area contributed by atoms with Crippen LogP contribution in [0.5, 0.6) is 5.75 Å². The quantitative estimate of drug-likeness (QED) is 0.530. The summed E-state index contributed by atoms with van der Waals surface area (Å²) in [6, 6.07) is 15.1. The normalized spacial score (nSPS) is 12.3. The van der Waals surface area contributed by atoms with Crippen molar-refractivity contribution < 1.29 is 17.9 Å². The number of nitrogens with one attached hydrogen (secondary N) is 1. The van der Waals surface area contributed by atoms with Crippen molar-refractivity contribution in [2.24, 2.45) is 0 Å². The maximum Gasteiger partial charge on any atom is 0.261 e. The van der Waals surface area contributed by atoms with Gasteiger partial charge in [0.15, 0.2) is 6.10 Å². The molecule has 0 bridgehead atoms. The van der Waals surface area contributed by atoms with E-state index in [1.807, 2.05) is 6.92 Å². The number of nitrogens with zero attached hydrogens (tertiary/aromatic N) is 1. The number of anilines is 1. The average molecular weight is 451 g/mol. The van der Waals surface area contributed by atoms with Crippen LogP contribution in [0.25, 0.3) is 0 Å². The second-order valence-corrected chi connectivity index (χ2v) is 10.2. The second kappa shape index (κ2) is 11.3. The summed E-state index contributed by atoms with van der Waals surface area (Å²) in [5.41, 5.74) is 3.07. The molecule has 0 aliphatic carbocycles. The van der Waals surface area contributed by atoms with E-state index in [9.17, 15) is 13.2 Å². The van der Waals surface area contributed by atoms with Crippen molar-refractivity contribution >= 4 is 33.4 Å². The third-order valence-corrected chi connectivity index (χ3v) is 6.77. The van der Waals surface area contributed by atoms with Crippen molar-refractivity contribution in [1.29, 1.82) is 0 Å². The molecule has 0 spiro atoms. The Bertz CT molecular complexity index is 930. The molecule has 1 atom stereocenters. The molecule has 6 nitrogen and oxygen atoms in total. The number of aryl methyl sites for hydroxylation is 1. The summed E-state index contributed by atoms with van der Waals surface area (Å²) in [7, 11) is -1.83. The highest BCUT2D eigenvalue weighted by Gasteiger charge is 2.18. The highest BCUT2D eigenvalue weighted by atomic mass is 32.2. The fraction of sp³-hybridized carbons (Fsp3) is 0.409. The first-order chi connectivity index (χ1) is 14.2. The van der Waals surface area contributed by atoms with Gasteiger partial charge in [-0.1, -0.05) is 36.8 Å². The Labute approximate surface area is 184 Å². The lowest BCUT2D eigenvalue weighted by molar-refractivity contribution is -0.127. The molecule has 8 heteroatoms. The standard InChI is InChI=1S/C22H30N2O4S2/c1-5-21(28-20-11-9-19(10-12-20)24(3)30(4,26)27)22(25)23-13-14-29-16-18-8-6-7-17(2)15-18/h6-12,15,21H,5,13-14,16H2,1-4H3,(H,23,25)/t21-/m0/s1. The minimum Gasteiger partial charge on any atom is -0.481 e. The lowest BCUT2D eigenvalue weighted by Crippen LogP contribution is -2.39. The molecular weight excluding hydrogens is 420 g/mol. The van der Waals surface area contributed by atoms with Gasteiger partial charge < -0.3 is 10.1 Å². The zero-order valence-corrected chi connectivity index (χ0v) is 19.6. The van der Waals surface area contributed by atoms with Gasteiger partial charge in [0.1, 0.15) is 5.75 Å². The van der Waals surface area contributed by atoms with Gasteiger partial charge in [0.05, 0.1) is 11.9 Å². The molecule has 0 unspecified atom stereocenters. The van der Waals surface area contributed by atoms with Crippen LogP contribution < -0.4 is 14.4 Å². The van der Waals surface area contributed by atoms with Gasteiger partial charge in [-0.15, -0.1) is 0 Å². The van der Waals surface area contributed by atoms with Crippen LogP contribution in [0.4, 0.5) is 5.69 Å². The average Bonchev–Trinajstić information content (AvgIpc) is 2.71. The molecular formula is C22H30N2O4S2. The summed E-state index contributed by atoms with van der Waals surface area (Å²) in [6.45, 7) is 4.55. The van der Waals surface area contributed by atoms with E-state index in [0.29, 0.717) is 24.4 Å². The van der Waals surface area contributed by atoms with E-state index in [4.69, 9.17) is 4.74 Å². The Morgan fingerprint density at radius 3 is 2.50 bits per heavy atom. The van der Waals surface area contributed by atoms with Crippen LogP contribution in [0.3, 0.4) is 0 Å². The summed E-state index contributed by atoms with van der Waals surface area (Å²) in [5, 5.41) is 2.93. The van der Waals surface area contributed by atoms with Gasteiger partial charge in [0.25, 0.3) is 5.91 Å². The van der Waals surface area contributed by atoms with Crippen molar-refractivity contribution in [3.63, 3.8) is 0 Å². The topological polar surface area (TPSA) is 75.7 Å².